The van der Waals surface area contributed by atoms with Gasteiger partial charge in [-0.2, -0.15) is 0 Å². The van der Waals surface area contributed by atoms with Gasteiger partial charge in [-0.1, -0.05) is 0 Å². The van der Waals surface area contributed by atoms with Crippen LogP contribution >= 0.6 is 0 Å². The van der Waals surface area contributed by atoms with Gasteiger partial charge >= 0.3 is 0 Å². The Bertz CT molecular complexity index is 388. The van der Waals surface area contributed by atoms with E-state index in [1.807, 2.05) is 20.8 Å². The average molecular weight is 242 g/mol. The molecular formula is C13H16F2O2. The summed E-state index contributed by atoms with van der Waals surface area (Å²) in [6.07, 6.45) is -0.0231. The molecule has 0 amide bonds. The summed E-state index contributed by atoms with van der Waals surface area (Å²) >= 11 is 0. The van der Waals surface area contributed by atoms with E-state index in [-0.39, 0.29) is 18.8 Å². The topological polar surface area (TPSA) is 26.3 Å². The second-order valence-electron chi connectivity index (χ2n) is 4.89. The molecule has 0 unspecified atom stereocenters. The summed E-state index contributed by atoms with van der Waals surface area (Å²) in [5, 5.41) is 0. The number of hydrogen-bond acceptors (Lipinski definition) is 2. The van der Waals surface area contributed by atoms with E-state index < -0.39 is 17.2 Å². The number of hydrogen-bond donors (Lipinski definition) is 0. The monoisotopic (exact) mass is 242 g/mol. The SMILES string of the molecule is CC(C)(C)OCC(=O)Cc1cc(F)cc(F)c1. The van der Waals surface area contributed by atoms with Crippen molar-refractivity contribution in [3.8, 4) is 0 Å². The number of rotatable bonds is 4. The van der Waals surface area contributed by atoms with E-state index in [4.69, 9.17) is 4.74 Å². The van der Waals surface area contributed by atoms with Gasteiger partial charge in [0, 0.05) is 12.5 Å². The molecule has 2 nitrogen and oxygen atoms in total. The van der Waals surface area contributed by atoms with Gasteiger partial charge in [0.25, 0.3) is 0 Å². The Morgan fingerprint density at radius 1 is 1.18 bits per heavy atom. The maximum Gasteiger partial charge on any atom is 0.162 e. The Labute approximate surface area is 99.6 Å². The number of ether oxygens (including phenoxy) is 1. The smallest absolute Gasteiger partial charge is 0.162 e. The minimum Gasteiger partial charge on any atom is -0.368 e. The van der Waals surface area contributed by atoms with Crippen molar-refractivity contribution < 1.29 is 18.3 Å². The largest absolute Gasteiger partial charge is 0.368 e. The minimum atomic E-state index is -0.676. The normalized spacial score (nSPS) is 11.6. The van der Waals surface area contributed by atoms with Gasteiger partial charge in [-0.25, -0.2) is 8.78 Å². The summed E-state index contributed by atoms with van der Waals surface area (Å²) in [6, 6.07) is 3.08. The first-order valence-corrected chi connectivity index (χ1v) is 5.37. The van der Waals surface area contributed by atoms with Gasteiger partial charge in [0.1, 0.15) is 18.2 Å². The molecule has 0 radical (unpaired) electrons. The summed E-state index contributed by atoms with van der Waals surface area (Å²) < 4.78 is 31.0. The van der Waals surface area contributed by atoms with E-state index in [0.717, 1.165) is 18.2 Å². The fourth-order valence-electron chi connectivity index (χ4n) is 1.29. The lowest BCUT2D eigenvalue weighted by Crippen LogP contribution is -2.24. The van der Waals surface area contributed by atoms with Crippen LogP contribution in [0.2, 0.25) is 0 Å². The molecule has 0 saturated carbocycles. The van der Waals surface area contributed by atoms with Crippen LogP contribution in [0.3, 0.4) is 0 Å². The molecule has 4 heteroatoms. The molecule has 17 heavy (non-hydrogen) atoms. The van der Waals surface area contributed by atoms with Crippen LogP contribution in [0.15, 0.2) is 18.2 Å². The van der Waals surface area contributed by atoms with Gasteiger partial charge in [0.15, 0.2) is 5.78 Å². The van der Waals surface area contributed by atoms with E-state index in [2.05, 4.69) is 0 Å². The second kappa shape index (κ2) is 5.36. The second-order valence-corrected chi connectivity index (χ2v) is 4.89. The van der Waals surface area contributed by atoms with Crippen LogP contribution in [0.4, 0.5) is 8.78 Å². The fourth-order valence-corrected chi connectivity index (χ4v) is 1.29. The highest BCUT2D eigenvalue weighted by Gasteiger charge is 2.13. The first kappa shape index (κ1) is 13.8. The molecule has 0 saturated heterocycles. The molecule has 0 aliphatic heterocycles. The number of Topliss-reactive ketones (excluding diaryl/α,β-unsaturated/α-hetero) is 1. The zero-order valence-corrected chi connectivity index (χ0v) is 10.2. The third-order valence-electron chi connectivity index (χ3n) is 1.99. The van der Waals surface area contributed by atoms with Crippen molar-refractivity contribution in [3.63, 3.8) is 0 Å². The summed E-state index contributed by atoms with van der Waals surface area (Å²) in [6.45, 7) is 5.45. The quantitative estimate of drug-likeness (QED) is 0.811. The lowest BCUT2D eigenvalue weighted by molar-refractivity contribution is -0.127. The Morgan fingerprint density at radius 3 is 2.18 bits per heavy atom. The summed E-state index contributed by atoms with van der Waals surface area (Å²) in [7, 11) is 0. The Kier molecular flexibility index (Phi) is 4.34. The van der Waals surface area contributed by atoms with Gasteiger partial charge in [-0.15, -0.1) is 0 Å². The van der Waals surface area contributed by atoms with Crippen LogP contribution in [0.1, 0.15) is 26.3 Å². The van der Waals surface area contributed by atoms with Crippen molar-refractivity contribution in [2.45, 2.75) is 32.8 Å². The van der Waals surface area contributed by atoms with E-state index in [9.17, 15) is 13.6 Å². The van der Waals surface area contributed by atoms with Crippen molar-refractivity contribution >= 4 is 5.78 Å². The van der Waals surface area contributed by atoms with Gasteiger partial charge in [0.05, 0.1) is 5.60 Å². The molecule has 1 aromatic rings. The molecular weight excluding hydrogens is 226 g/mol. The Morgan fingerprint density at radius 2 is 1.71 bits per heavy atom. The number of carbonyl (C=O) groups is 1. The van der Waals surface area contributed by atoms with Crippen LogP contribution in [-0.4, -0.2) is 18.0 Å². The molecule has 94 valence electrons. The predicted octanol–water partition coefficient (Wildman–Crippen LogP) is 2.89. The average Bonchev–Trinajstić information content (AvgIpc) is 2.11. The molecule has 0 N–H and O–H groups in total. The lowest BCUT2D eigenvalue weighted by Gasteiger charge is -2.18. The Hall–Kier alpha value is -1.29. The summed E-state index contributed by atoms with van der Waals surface area (Å²) in [5.41, 5.74) is -0.0759. The fraction of sp³-hybridized carbons (Fsp3) is 0.462. The lowest BCUT2D eigenvalue weighted by atomic mass is 10.1. The zero-order chi connectivity index (χ0) is 13.1. The van der Waals surface area contributed by atoms with Crippen LogP contribution in [0.25, 0.3) is 0 Å². The first-order chi connectivity index (χ1) is 7.76. The zero-order valence-electron chi connectivity index (χ0n) is 10.2. The highest BCUT2D eigenvalue weighted by Crippen LogP contribution is 2.10. The maximum absolute atomic E-state index is 12.9. The number of ketones is 1. The predicted molar refractivity (Wildman–Crippen MR) is 60.8 cm³/mol. The summed E-state index contributed by atoms with van der Waals surface area (Å²) in [5.74, 6) is -1.56. The Balaban J connectivity index is 2.56. The summed E-state index contributed by atoms with van der Waals surface area (Å²) in [4.78, 5) is 11.5. The van der Waals surface area contributed by atoms with Gasteiger partial charge in [0.2, 0.25) is 0 Å². The molecule has 0 bridgehead atoms. The van der Waals surface area contributed by atoms with Crippen LogP contribution in [-0.2, 0) is 16.0 Å². The van der Waals surface area contributed by atoms with Gasteiger partial charge < -0.3 is 4.74 Å². The van der Waals surface area contributed by atoms with E-state index in [1.165, 1.54) is 0 Å². The van der Waals surface area contributed by atoms with E-state index in [0.29, 0.717) is 5.56 Å². The van der Waals surface area contributed by atoms with Crippen molar-refractivity contribution in [3.05, 3.63) is 35.4 Å². The maximum atomic E-state index is 12.9. The van der Waals surface area contributed by atoms with Crippen molar-refractivity contribution in [1.29, 1.82) is 0 Å². The number of carbonyl (C=O) groups excluding carboxylic acids is 1. The number of benzene rings is 1. The molecule has 0 aliphatic carbocycles. The highest BCUT2D eigenvalue weighted by molar-refractivity contribution is 5.82. The third kappa shape index (κ3) is 5.54. The van der Waals surface area contributed by atoms with E-state index >= 15 is 0 Å². The minimum absolute atomic E-state index is 0.0231. The molecule has 0 fully saturated rings. The molecule has 1 aromatic carbocycles. The van der Waals surface area contributed by atoms with Crippen LogP contribution < -0.4 is 0 Å². The van der Waals surface area contributed by atoms with Crippen molar-refractivity contribution in [1.82, 2.24) is 0 Å². The molecule has 0 spiro atoms. The molecule has 0 aromatic heterocycles. The number of halogens is 2. The van der Waals surface area contributed by atoms with Crippen molar-refractivity contribution in [2.75, 3.05) is 6.61 Å². The first-order valence-electron chi connectivity index (χ1n) is 5.37. The van der Waals surface area contributed by atoms with E-state index in [1.54, 1.807) is 0 Å². The highest BCUT2D eigenvalue weighted by atomic mass is 19.1. The standard InChI is InChI=1S/C13H16F2O2/c1-13(2,3)17-8-12(16)6-9-4-10(14)7-11(15)5-9/h4-5,7H,6,8H2,1-3H3. The molecule has 0 aliphatic rings. The molecule has 0 heterocycles. The van der Waals surface area contributed by atoms with Crippen LogP contribution in [0.5, 0.6) is 0 Å². The molecule has 0 atom stereocenters. The van der Waals surface area contributed by atoms with Gasteiger partial charge in [-0.05, 0) is 38.5 Å². The third-order valence-corrected chi connectivity index (χ3v) is 1.99. The van der Waals surface area contributed by atoms with Crippen LogP contribution in [0, 0.1) is 11.6 Å². The van der Waals surface area contributed by atoms with Crippen molar-refractivity contribution in [2.24, 2.45) is 0 Å². The molecule has 1 rings (SSSR count). The van der Waals surface area contributed by atoms with Gasteiger partial charge in [-0.3, -0.25) is 4.79 Å².